The van der Waals surface area contributed by atoms with E-state index in [0.717, 1.165) is 11.8 Å². The number of hydrogen-bond acceptors (Lipinski definition) is 8. The van der Waals surface area contributed by atoms with E-state index in [1.165, 1.54) is 11.8 Å². The predicted octanol–water partition coefficient (Wildman–Crippen LogP) is 1.03. The van der Waals surface area contributed by atoms with E-state index in [0.29, 0.717) is 25.1 Å². The van der Waals surface area contributed by atoms with Gasteiger partial charge in [0.2, 0.25) is 5.91 Å². The maximum Gasteiger partial charge on any atom is 0.328 e. The first kappa shape index (κ1) is 20.2. The minimum Gasteiger partial charge on any atom is -0.464 e. The van der Waals surface area contributed by atoms with Gasteiger partial charge in [0.15, 0.2) is 5.12 Å². The van der Waals surface area contributed by atoms with Crippen LogP contribution in [0.5, 0.6) is 0 Å². The van der Waals surface area contributed by atoms with Crippen LogP contribution in [0.15, 0.2) is 0 Å². The average molecular weight is 362 g/mol. The minimum absolute atomic E-state index is 0.000938. The second kappa shape index (κ2) is 10.1. The van der Waals surface area contributed by atoms with Gasteiger partial charge < -0.3 is 14.5 Å². The van der Waals surface area contributed by atoms with Crippen LogP contribution in [0.25, 0.3) is 0 Å². The van der Waals surface area contributed by atoms with Gasteiger partial charge in [0.1, 0.15) is 6.04 Å². The molecule has 0 saturated carbocycles. The number of likely N-dealkylation sites (tertiary alicyclic amines) is 1. The molecule has 0 unspecified atom stereocenters. The van der Waals surface area contributed by atoms with Gasteiger partial charge in [-0.2, -0.15) is 0 Å². The van der Waals surface area contributed by atoms with Crippen molar-refractivity contribution in [1.29, 1.82) is 0 Å². The van der Waals surface area contributed by atoms with Crippen LogP contribution in [-0.4, -0.2) is 58.5 Å². The van der Waals surface area contributed by atoms with Crippen LogP contribution in [0.2, 0.25) is 0 Å². The number of rotatable bonds is 9. The van der Waals surface area contributed by atoms with E-state index in [-0.39, 0.29) is 36.6 Å². The fourth-order valence-corrected chi connectivity index (χ4v) is 2.97. The Hall–Kier alpha value is -1.84. The molecule has 136 valence electrons. The summed E-state index contributed by atoms with van der Waals surface area (Å²) in [5.41, 5.74) is 0. The number of thioether (sulfide) groups is 1. The molecule has 24 heavy (non-hydrogen) atoms. The molecule has 0 aromatic rings. The molecule has 1 fully saturated rings. The number of ether oxygens (including phenoxy) is 1. The molecule has 0 bridgehead atoms. The average Bonchev–Trinajstić information content (AvgIpc) is 3.00. The number of hydrogen-bond donors (Lipinski definition) is 0. The summed E-state index contributed by atoms with van der Waals surface area (Å²) in [7, 11) is 0. The van der Waals surface area contributed by atoms with Crippen molar-refractivity contribution in [2.24, 2.45) is 5.92 Å². The lowest BCUT2D eigenvalue weighted by Gasteiger charge is -2.26. The number of nitrogens with zero attached hydrogens (tertiary/aromatic N) is 2. The van der Waals surface area contributed by atoms with E-state index in [1.807, 2.05) is 0 Å². The third kappa shape index (κ3) is 6.73. The van der Waals surface area contributed by atoms with Crippen LogP contribution in [-0.2, 0) is 24.0 Å². The summed E-state index contributed by atoms with van der Waals surface area (Å²) in [6.45, 7) is 3.51. The molecule has 1 heterocycles. The van der Waals surface area contributed by atoms with E-state index in [1.54, 1.807) is 6.92 Å². The zero-order valence-electron chi connectivity index (χ0n) is 13.8. The SMILES string of the molecule is CC(=O)SC[C@@H](C)C(=O)N1CCC[C@H]1C(=O)OCCCO[N+](=O)[O-]. The first-order valence-corrected chi connectivity index (χ1v) is 8.69. The van der Waals surface area contributed by atoms with Crippen LogP contribution in [0.3, 0.4) is 0 Å². The summed E-state index contributed by atoms with van der Waals surface area (Å²) in [4.78, 5) is 51.1. The molecular formula is C14H22N2O7S. The number of esters is 1. The largest absolute Gasteiger partial charge is 0.464 e. The summed E-state index contributed by atoms with van der Waals surface area (Å²) >= 11 is 1.09. The number of carbonyl (C=O) groups is 3. The molecule has 0 aliphatic carbocycles. The Morgan fingerprint density at radius 3 is 2.71 bits per heavy atom. The number of carbonyl (C=O) groups excluding carboxylic acids is 3. The molecule has 1 rings (SSSR count). The van der Waals surface area contributed by atoms with E-state index < -0.39 is 17.1 Å². The maximum atomic E-state index is 12.4. The van der Waals surface area contributed by atoms with Crippen molar-refractivity contribution in [3.05, 3.63) is 10.1 Å². The molecule has 0 spiro atoms. The molecule has 10 heteroatoms. The lowest BCUT2D eigenvalue weighted by Crippen LogP contribution is -2.44. The first-order chi connectivity index (χ1) is 11.3. The zero-order valence-corrected chi connectivity index (χ0v) is 14.6. The molecule has 0 N–H and O–H groups in total. The van der Waals surface area contributed by atoms with Crippen molar-refractivity contribution < 1.29 is 29.0 Å². The molecule has 1 saturated heterocycles. The monoisotopic (exact) mass is 362 g/mol. The highest BCUT2D eigenvalue weighted by molar-refractivity contribution is 8.13. The Kier molecular flexibility index (Phi) is 8.51. The third-order valence-corrected chi connectivity index (χ3v) is 4.57. The zero-order chi connectivity index (χ0) is 18.1. The molecule has 1 amide bonds. The fraction of sp³-hybridized carbons (Fsp3) is 0.786. The van der Waals surface area contributed by atoms with Gasteiger partial charge in [-0.05, 0) is 12.8 Å². The third-order valence-electron chi connectivity index (χ3n) is 3.50. The van der Waals surface area contributed by atoms with Crippen molar-refractivity contribution >= 4 is 28.8 Å². The molecule has 9 nitrogen and oxygen atoms in total. The highest BCUT2D eigenvalue weighted by Crippen LogP contribution is 2.22. The van der Waals surface area contributed by atoms with Crippen LogP contribution < -0.4 is 0 Å². The fourth-order valence-electron chi connectivity index (χ4n) is 2.34. The van der Waals surface area contributed by atoms with Crippen molar-refractivity contribution in [3.63, 3.8) is 0 Å². The Morgan fingerprint density at radius 2 is 2.08 bits per heavy atom. The summed E-state index contributed by atoms with van der Waals surface area (Å²) in [6, 6.07) is -0.626. The van der Waals surface area contributed by atoms with E-state index in [2.05, 4.69) is 4.84 Å². The molecule has 1 aliphatic rings. The van der Waals surface area contributed by atoms with Gasteiger partial charge >= 0.3 is 5.97 Å². The Morgan fingerprint density at radius 1 is 1.38 bits per heavy atom. The van der Waals surface area contributed by atoms with Gasteiger partial charge in [0.25, 0.3) is 5.09 Å². The van der Waals surface area contributed by atoms with E-state index in [4.69, 9.17) is 4.74 Å². The van der Waals surface area contributed by atoms with Gasteiger partial charge in [-0.15, -0.1) is 10.1 Å². The van der Waals surface area contributed by atoms with Crippen LogP contribution >= 0.6 is 11.8 Å². The highest BCUT2D eigenvalue weighted by atomic mass is 32.2. The second-order valence-corrected chi connectivity index (χ2v) is 6.67. The Labute approximate surface area is 144 Å². The van der Waals surface area contributed by atoms with Gasteiger partial charge in [-0.25, -0.2) is 4.79 Å². The van der Waals surface area contributed by atoms with Crippen LogP contribution in [0, 0.1) is 16.0 Å². The van der Waals surface area contributed by atoms with Crippen molar-refractivity contribution in [3.8, 4) is 0 Å². The van der Waals surface area contributed by atoms with Crippen LogP contribution in [0.1, 0.15) is 33.1 Å². The summed E-state index contributed by atoms with van der Waals surface area (Å²) in [6.07, 6.45) is 1.45. The molecule has 0 radical (unpaired) electrons. The summed E-state index contributed by atoms with van der Waals surface area (Å²) in [5.74, 6) is -0.654. The Balaban J connectivity index is 2.42. The Bertz CT molecular complexity index is 486. The highest BCUT2D eigenvalue weighted by Gasteiger charge is 2.36. The normalized spacial score (nSPS) is 18.1. The maximum absolute atomic E-state index is 12.4. The van der Waals surface area contributed by atoms with Crippen molar-refractivity contribution in [2.75, 3.05) is 25.5 Å². The van der Waals surface area contributed by atoms with E-state index >= 15 is 0 Å². The lowest BCUT2D eigenvalue weighted by molar-refractivity contribution is -0.757. The molecule has 0 aromatic heterocycles. The summed E-state index contributed by atoms with van der Waals surface area (Å²) < 4.78 is 5.07. The minimum atomic E-state index is -0.903. The molecule has 0 aromatic carbocycles. The van der Waals surface area contributed by atoms with Gasteiger partial charge in [0, 0.05) is 31.6 Å². The van der Waals surface area contributed by atoms with Gasteiger partial charge in [-0.3, -0.25) is 9.59 Å². The van der Waals surface area contributed by atoms with Gasteiger partial charge in [-0.1, -0.05) is 18.7 Å². The molecular weight excluding hydrogens is 340 g/mol. The van der Waals surface area contributed by atoms with Crippen LogP contribution in [0.4, 0.5) is 0 Å². The lowest BCUT2D eigenvalue weighted by atomic mass is 10.1. The second-order valence-electron chi connectivity index (χ2n) is 5.47. The smallest absolute Gasteiger partial charge is 0.328 e. The van der Waals surface area contributed by atoms with Crippen molar-refractivity contribution in [2.45, 2.75) is 39.2 Å². The quantitative estimate of drug-likeness (QED) is 0.258. The van der Waals surface area contributed by atoms with Gasteiger partial charge in [0.05, 0.1) is 13.2 Å². The predicted molar refractivity (Wildman–Crippen MR) is 85.6 cm³/mol. The topological polar surface area (TPSA) is 116 Å². The first-order valence-electron chi connectivity index (χ1n) is 7.70. The van der Waals surface area contributed by atoms with Crippen molar-refractivity contribution in [1.82, 2.24) is 4.90 Å². The standard InChI is InChI=1S/C14H22N2O7S/c1-10(9-24-11(2)17)13(18)15-6-3-5-12(15)14(19)22-7-4-8-23-16(20)21/h10,12H,3-9H2,1-2H3/t10-,12+/m1/s1. The molecule has 2 atom stereocenters. The molecule has 1 aliphatic heterocycles. The number of amides is 1. The summed E-state index contributed by atoms with van der Waals surface area (Å²) in [5, 5.41) is 9.04. The van der Waals surface area contributed by atoms with E-state index in [9.17, 15) is 24.5 Å².